The van der Waals surface area contributed by atoms with Crippen LogP contribution in [-0.4, -0.2) is 34.4 Å². The summed E-state index contributed by atoms with van der Waals surface area (Å²) in [6.07, 6.45) is 0. The van der Waals surface area contributed by atoms with E-state index in [2.05, 4.69) is 30.9 Å². The summed E-state index contributed by atoms with van der Waals surface area (Å²) >= 11 is 0. The molecule has 0 bridgehead atoms. The van der Waals surface area contributed by atoms with Gasteiger partial charge in [-0.2, -0.15) is 0 Å². The minimum atomic E-state index is -0.129. The van der Waals surface area contributed by atoms with Crippen molar-refractivity contribution in [3.05, 3.63) is 71.8 Å². The van der Waals surface area contributed by atoms with Crippen LogP contribution in [0, 0.1) is 5.92 Å². The van der Waals surface area contributed by atoms with Gasteiger partial charge in [0.1, 0.15) is 0 Å². The van der Waals surface area contributed by atoms with Crippen LogP contribution in [0.15, 0.2) is 60.7 Å². The van der Waals surface area contributed by atoms with Crippen molar-refractivity contribution < 1.29 is 10.2 Å². The normalized spacial score (nSPS) is 14.2. The Labute approximate surface area is 139 Å². The second-order valence-corrected chi connectivity index (χ2v) is 6.26. The van der Waals surface area contributed by atoms with E-state index in [0.717, 1.165) is 5.56 Å². The molecule has 0 aliphatic rings. The van der Waals surface area contributed by atoms with Gasteiger partial charge >= 0.3 is 0 Å². The van der Waals surface area contributed by atoms with Gasteiger partial charge < -0.3 is 10.2 Å². The maximum absolute atomic E-state index is 10.0. The van der Waals surface area contributed by atoms with E-state index in [1.807, 2.05) is 48.5 Å². The molecule has 3 nitrogen and oxygen atoms in total. The zero-order chi connectivity index (χ0) is 16.7. The van der Waals surface area contributed by atoms with Gasteiger partial charge in [0.05, 0.1) is 19.3 Å². The first-order chi connectivity index (χ1) is 11.2. The standard InChI is InChI=1S/C20H27NO2/c1-16(2)19(14-22)21(13-17-9-5-3-6-10-17)20(15-23)18-11-7-4-8-12-18/h3-12,16,19-20,22-23H,13-15H2,1-2H3/t19-,20-/m0/s1. The van der Waals surface area contributed by atoms with E-state index in [1.165, 1.54) is 5.56 Å². The molecule has 0 aliphatic heterocycles. The second kappa shape index (κ2) is 8.82. The molecule has 0 aliphatic carbocycles. The lowest BCUT2D eigenvalue weighted by atomic mass is 9.97. The Morgan fingerprint density at radius 3 is 1.87 bits per heavy atom. The number of hydrogen-bond acceptors (Lipinski definition) is 3. The SMILES string of the molecule is CC(C)[C@H](CO)N(Cc1ccccc1)[C@@H](CO)c1ccccc1. The first-order valence-corrected chi connectivity index (χ1v) is 8.23. The van der Waals surface area contributed by atoms with Gasteiger partial charge in [-0.05, 0) is 17.0 Å². The Hall–Kier alpha value is -1.68. The van der Waals surface area contributed by atoms with Crippen molar-refractivity contribution in [2.75, 3.05) is 13.2 Å². The summed E-state index contributed by atoms with van der Waals surface area (Å²) in [5.74, 6) is 0.293. The molecule has 0 aromatic heterocycles. The van der Waals surface area contributed by atoms with Crippen LogP contribution >= 0.6 is 0 Å². The summed E-state index contributed by atoms with van der Waals surface area (Å²) in [5.41, 5.74) is 2.26. The fraction of sp³-hybridized carbons (Fsp3) is 0.400. The summed E-state index contributed by atoms with van der Waals surface area (Å²) < 4.78 is 0. The molecule has 0 fully saturated rings. The molecule has 2 rings (SSSR count). The summed E-state index contributed by atoms with van der Waals surface area (Å²) in [5, 5.41) is 19.9. The molecule has 124 valence electrons. The molecule has 0 amide bonds. The lowest BCUT2D eigenvalue weighted by molar-refractivity contribution is 0.0232. The van der Waals surface area contributed by atoms with Crippen LogP contribution in [0.25, 0.3) is 0 Å². The van der Waals surface area contributed by atoms with E-state index in [-0.39, 0.29) is 25.3 Å². The molecular formula is C20H27NO2. The first-order valence-electron chi connectivity index (χ1n) is 8.23. The number of aliphatic hydroxyl groups excluding tert-OH is 2. The van der Waals surface area contributed by atoms with Crippen molar-refractivity contribution in [3.8, 4) is 0 Å². The van der Waals surface area contributed by atoms with Crippen LogP contribution in [0.3, 0.4) is 0 Å². The topological polar surface area (TPSA) is 43.7 Å². The van der Waals surface area contributed by atoms with Crippen molar-refractivity contribution in [2.45, 2.75) is 32.5 Å². The molecule has 23 heavy (non-hydrogen) atoms. The Bertz CT molecular complexity index is 556. The molecule has 0 radical (unpaired) electrons. The largest absolute Gasteiger partial charge is 0.395 e. The average Bonchev–Trinajstić information content (AvgIpc) is 2.57. The maximum atomic E-state index is 10.0. The quantitative estimate of drug-likeness (QED) is 0.786. The minimum Gasteiger partial charge on any atom is -0.395 e. The molecular weight excluding hydrogens is 286 g/mol. The highest BCUT2D eigenvalue weighted by Crippen LogP contribution is 2.27. The Kier molecular flexibility index (Phi) is 6.78. The Balaban J connectivity index is 2.34. The minimum absolute atomic E-state index is 0.00689. The van der Waals surface area contributed by atoms with E-state index in [9.17, 15) is 10.2 Å². The van der Waals surface area contributed by atoms with Gasteiger partial charge in [0, 0.05) is 12.6 Å². The number of aliphatic hydroxyl groups is 2. The molecule has 2 atom stereocenters. The van der Waals surface area contributed by atoms with Crippen molar-refractivity contribution in [1.29, 1.82) is 0 Å². The van der Waals surface area contributed by atoms with Crippen molar-refractivity contribution in [3.63, 3.8) is 0 Å². The highest BCUT2D eigenvalue weighted by molar-refractivity contribution is 5.21. The van der Waals surface area contributed by atoms with Crippen LogP contribution in [-0.2, 0) is 6.54 Å². The summed E-state index contributed by atoms with van der Waals surface area (Å²) in [6.45, 7) is 5.02. The fourth-order valence-corrected chi connectivity index (χ4v) is 3.03. The molecule has 2 N–H and O–H groups in total. The van der Waals surface area contributed by atoms with E-state index < -0.39 is 0 Å². The summed E-state index contributed by atoms with van der Waals surface area (Å²) in [6, 6.07) is 20.1. The van der Waals surface area contributed by atoms with Crippen LogP contribution in [0.2, 0.25) is 0 Å². The van der Waals surface area contributed by atoms with Crippen molar-refractivity contribution in [1.82, 2.24) is 4.90 Å². The second-order valence-electron chi connectivity index (χ2n) is 6.26. The molecule has 0 saturated heterocycles. The molecule has 3 heteroatoms. The van der Waals surface area contributed by atoms with E-state index in [0.29, 0.717) is 12.5 Å². The van der Waals surface area contributed by atoms with Gasteiger partial charge in [-0.3, -0.25) is 4.90 Å². The smallest absolute Gasteiger partial charge is 0.0628 e. The third-order valence-electron chi connectivity index (χ3n) is 4.35. The average molecular weight is 313 g/mol. The van der Waals surface area contributed by atoms with Gasteiger partial charge in [-0.15, -0.1) is 0 Å². The van der Waals surface area contributed by atoms with Crippen LogP contribution in [0.5, 0.6) is 0 Å². The molecule has 0 spiro atoms. The van der Waals surface area contributed by atoms with Gasteiger partial charge in [0.25, 0.3) is 0 Å². The van der Waals surface area contributed by atoms with E-state index in [1.54, 1.807) is 0 Å². The molecule has 0 saturated carbocycles. The van der Waals surface area contributed by atoms with E-state index >= 15 is 0 Å². The summed E-state index contributed by atoms with van der Waals surface area (Å²) in [7, 11) is 0. The number of nitrogens with zero attached hydrogens (tertiary/aromatic N) is 1. The van der Waals surface area contributed by atoms with Crippen molar-refractivity contribution in [2.24, 2.45) is 5.92 Å². The third kappa shape index (κ3) is 4.64. The molecule has 0 unspecified atom stereocenters. The lowest BCUT2D eigenvalue weighted by Crippen LogP contribution is -2.44. The highest BCUT2D eigenvalue weighted by Gasteiger charge is 2.28. The Morgan fingerprint density at radius 1 is 0.826 bits per heavy atom. The zero-order valence-corrected chi connectivity index (χ0v) is 14.0. The highest BCUT2D eigenvalue weighted by atomic mass is 16.3. The van der Waals surface area contributed by atoms with Gasteiger partial charge in [0.15, 0.2) is 0 Å². The molecule has 2 aromatic carbocycles. The monoisotopic (exact) mass is 313 g/mol. The predicted molar refractivity (Wildman–Crippen MR) is 94.0 cm³/mol. The number of rotatable bonds is 8. The maximum Gasteiger partial charge on any atom is 0.0628 e. The Morgan fingerprint density at radius 2 is 1.39 bits per heavy atom. The van der Waals surface area contributed by atoms with E-state index in [4.69, 9.17) is 0 Å². The zero-order valence-electron chi connectivity index (χ0n) is 14.0. The number of hydrogen-bond donors (Lipinski definition) is 2. The molecule has 0 heterocycles. The van der Waals surface area contributed by atoms with Gasteiger partial charge in [-0.1, -0.05) is 74.5 Å². The summed E-state index contributed by atoms with van der Waals surface area (Å²) in [4.78, 5) is 2.22. The molecule has 2 aromatic rings. The van der Waals surface area contributed by atoms with Crippen molar-refractivity contribution >= 4 is 0 Å². The number of benzene rings is 2. The van der Waals surface area contributed by atoms with Gasteiger partial charge in [0.2, 0.25) is 0 Å². The lowest BCUT2D eigenvalue weighted by Gasteiger charge is -2.39. The van der Waals surface area contributed by atoms with Crippen LogP contribution in [0.4, 0.5) is 0 Å². The predicted octanol–water partition coefficient (Wildman–Crippen LogP) is 3.24. The van der Waals surface area contributed by atoms with Crippen LogP contribution < -0.4 is 0 Å². The first kappa shape index (κ1) is 17.7. The third-order valence-corrected chi connectivity index (χ3v) is 4.35. The van der Waals surface area contributed by atoms with Gasteiger partial charge in [-0.25, -0.2) is 0 Å². The van der Waals surface area contributed by atoms with Crippen LogP contribution in [0.1, 0.15) is 31.0 Å². The fourth-order valence-electron chi connectivity index (χ4n) is 3.03.